The Bertz CT molecular complexity index is 350. The predicted molar refractivity (Wildman–Crippen MR) is 75.3 cm³/mol. The molecule has 18 heavy (non-hydrogen) atoms. The van der Waals surface area contributed by atoms with Crippen molar-refractivity contribution in [3.05, 3.63) is 23.8 Å². The van der Waals surface area contributed by atoms with Crippen LogP contribution in [0.5, 0.6) is 11.5 Å². The Hall–Kier alpha value is -1.22. The molecule has 0 saturated carbocycles. The van der Waals surface area contributed by atoms with Gasteiger partial charge in [-0.2, -0.15) is 0 Å². The summed E-state index contributed by atoms with van der Waals surface area (Å²) in [6.45, 7) is 11.6. The van der Waals surface area contributed by atoms with Gasteiger partial charge in [-0.05, 0) is 37.1 Å². The maximum absolute atomic E-state index is 5.77. The monoisotopic (exact) mass is 251 g/mol. The zero-order chi connectivity index (χ0) is 13.4. The van der Waals surface area contributed by atoms with Crippen molar-refractivity contribution >= 4 is 0 Å². The Morgan fingerprint density at radius 2 is 1.89 bits per heavy atom. The van der Waals surface area contributed by atoms with Gasteiger partial charge in [0, 0.05) is 6.54 Å². The van der Waals surface area contributed by atoms with E-state index in [1.165, 1.54) is 5.56 Å². The molecule has 0 amide bonds. The van der Waals surface area contributed by atoms with Gasteiger partial charge in [0.2, 0.25) is 0 Å². The lowest BCUT2D eigenvalue weighted by atomic mass is 10.2. The molecule has 0 unspecified atom stereocenters. The largest absolute Gasteiger partial charge is 0.490 e. The van der Waals surface area contributed by atoms with Gasteiger partial charge in [-0.3, -0.25) is 0 Å². The van der Waals surface area contributed by atoms with Crippen LogP contribution in [0.2, 0.25) is 0 Å². The molecule has 0 fully saturated rings. The number of benzene rings is 1. The average Bonchev–Trinajstić information content (AvgIpc) is 2.35. The van der Waals surface area contributed by atoms with Crippen LogP contribution in [0.4, 0.5) is 0 Å². The first kappa shape index (κ1) is 14.8. The van der Waals surface area contributed by atoms with Gasteiger partial charge in [0.05, 0.1) is 13.2 Å². The van der Waals surface area contributed by atoms with Gasteiger partial charge < -0.3 is 14.8 Å². The quantitative estimate of drug-likeness (QED) is 0.769. The molecule has 0 atom stereocenters. The fourth-order valence-corrected chi connectivity index (χ4v) is 1.58. The molecule has 0 aliphatic heterocycles. The highest BCUT2D eigenvalue weighted by Gasteiger charge is 2.07. The zero-order valence-electron chi connectivity index (χ0n) is 12.0. The van der Waals surface area contributed by atoms with Gasteiger partial charge in [-0.1, -0.05) is 26.8 Å². The average molecular weight is 251 g/mol. The maximum atomic E-state index is 5.77. The summed E-state index contributed by atoms with van der Waals surface area (Å²) < 4.78 is 11.4. The molecule has 1 aromatic rings. The number of nitrogens with one attached hydrogen (secondary N) is 1. The normalized spacial score (nSPS) is 10.7. The molecule has 0 saturated heterocycles. The lowest BCUT2D eigenvalue weighted by Crippen LogP contribution is -2.12. The fourth-order valence-electron chi connectivity index (χ4n) is 1.58. The molecule has 0 bridgehead atoms. The molecular weight excluding hydrogens is 226 g/mol. The highest BCUT2D eigenvalue weighted by atomic mass is 16.5. The maximum Gasteiger partial charge on any atom is 0.161 e. The molecular formula is C15H25NO2. The summed E-state index contributed by atoms with van der Waals surface area (Å²) in [6.07, 6.45) is 0. The number of hydrogen-bond acceptors (Lipinski definition) is 3. The topological polar surface area (TPSA) is 30.5 Å². The second-order valence-corrected chi connectivity index (χ2v) is 4.70. The Balaban J connectivity index is 2.75. The summed E-state index contributed by atoms with van der Waals surface area (Å²) >= 11 is 0. The van der Waals surface area contributed by atoms with Gasteiger partial charge in [0.1, 0.15) is 0 Å². The molecule has 0 aliphatic rings. The Morgan fingerprint density at radius 3 is 2.50 bits per heavy atom. The predicted octanol–water partition coefficient (Wildman–Crippen LogP) is 3.23. The summed E-state index contributed by atoms with van der Waals surface area (Å²) in [5.74, 6) is 2.19. The highest BCUT2D eigenvalue weighted by Crippen LogP contribution is 2.28. The number of rotatable bonds is 8. The lowest BCUT2D eigenvalue weighted by molar-refractivity contribution is 0.248. The first-order chi connectivity index (χ1) is 8.67. The molecule has 0 heterocycles. The van der Waals surface area contributed by atoms with E-state index in [2.05, 4.69) is 38.2 Å². The second-order valence-electron chi connectivity index (χ2n) is 4.70. The van der Waals surface area contributed by atoms with Crippen LogP contribution in [0.25, 0.3) is 0 Å². The molecule has 1 N–H and O–H groups in total. The molecule has 0 aromatic heterocycles. The van der Waals surface area contributed by atoms with Gasteiger partial charge in [-0.25, -0.2) is 0 Å². The summed E-state index contributed by atoms with van der Waals surface area (Å²) in [6, 6.07) is 6.14. The van der Waals surface area contributed by atoms with E-state index in [1.54, 1.807) is 0 Å². The van der Waals surface area contributed by atoms with Crippen LogP contribution in [-0.4, -0.2) is 19.8 Å². The third-order valence-corrected chi connectivity index (χ3v) is 2.46. The van der Waals surface area contributed by atoms with Crippen LogP contribution in [0.1, 0.15) is 33.3 Å². The van der Waals surface area contributed by atoms with Crippen molar-refractivity contribution in [1.29, 1.82) is 0 Å². The number of hydrogen-bond donors (Lipinski definition) is 1. The molecule has 3 heteroatoms. The van der Waals surface area contributed by atoms with Gasteiger partial charge in [-0.15, -0.1) is 0 Å². The Kier molecular flexibility index (Phi) is 6.58. The molecule has 102 valence electrons. The van der Waals surface area contributed by atoms with Crippen LogP contribution in [0.15, 0.2) is 18.2 Å². The smallest absolute Gasteiger partial charge is 0.161 e. The van der Waals surface area contributed by atoms with E-state index in [-0.39, 0.29) is 0 Å². The summed E-state index contributed by atoms with van der Waals surface area (Å²) in [4.78, 5) is 0. The van der Waals surface area contributed by atoms with Crippen LogP contribution >= 0.6 is 0 Å². The van der Waals surface area contributed by atoms with Gasteiger partial charge in [0.15, 0.2) is 11.5 Å². The van der Waals surface area contributed by atoms with Crippen molar-refractivity contribution < 1.29 is 9.47 Å². The van der Waals surface area contributed by atoms with E-state index in [9.17, 15) is 0 Å². The van der Waals surface area contributed by atoms with E-state index >= 15 is 0 Å². The minimum Gasteiger partial charge on any atom is -0.490 e. The van der Waals surface area contributed by atoms with E-state index in [1.807, 2.05) is 13.0 Å². The summed E-state index contributed by atoms with van der Waals surface area (Å²) in [5.41, 5.74) is 1.22. The van der Waals surface area contributed by atoms with Gasteiger partial charge >= 0.3 is 0 Å². The van der Waals surface area contributed by atoms with E-state index in [4.69, 9.17) is 9.47 Å². The van der Waals surface area contributed by atoms with E-state index in [0.29, 0.717) is 19.1 Å². The fraction of sp³-hybridized carbons (Fsp3) is 0.600. The van der Waals surface area contributed by atoms with Crippen LogP contribution < -0.4 is 14.8 Å². The van der Waals surface area contributed by atoms with Crippen molar-refractivity contribution in [2.45, 2.75) is 34.2 Å². The van der Waals surface area contributed by atoms with Crippen molar-refractivity contribution in [2.24, 2.45) is 5.92 Å². The number of ether oxygens (including phenoxy) is 2. The lowest BCUT2D eigenvalue weighted by Gasteiger charge is -2.14. The molecule has 1 rings (SSSR count). The van der Waals surface area contributed by atoms with Crippen molar-refractivity contribution in [3.8, 4) is 11.5 Å². The third-order valence-electron chi connectivity index (χ3n) is 2.46. The minimum atomic E-state index is 0.515. The zero-order valence-corrected chi connectivity index (χ0v) is 12.0. The highest BCUT2D eigenvalue weighted by molar-refractivity contribution is 5.43. The minimum absolute atomic E-state index is 0.515. The van der Waals surface area contributed by atoms with Crippen molar-refractivity contribution in [2.75, 3.05) is 19.8 Å². The molecule has 1 aromatic carbocycles. The molecule has 0 spiro atoms. The standard InChI is InChI=1S/C15H25NO2/c1-5-16-10-13-7-8-14(18-11-12(3)4)15(9-13)17-6-2/h7-9,12,16H,5-6,10-11H2,1-4H3. The molecule has 0 radical (unpaired) electrons. The summed E-state index contributed by atoms with van der Waals surface area (Å²) in [5, 5.41) is 3.31. The second kappa shape index (κ2) is 7.98. The van der Waals surface area contributed by atoms with E-state index < -0.39 is 0 Å². The van der Waals surface area contributed by atoms with E-state index in [0.717, 1.165) is 24.6 Å². The van der Waals surface area contributed by atoms with Crippen LogP contribution in [-0.2, 0) is 6.54 Å². The van der Waals surface area contributed by atoms with Crippen molar-refractivity contribution in [1.82, 2.24) is 5.32 Å². The molecule has 3 nitrogen and oxygen atoms in total. The van der Waals surface area contributed by atoms with Crippen molar-refractivity contribution in [3.63, 3.8) is 0 Å². The summed E-state index contributed by atoms with van der Waals surface area (Å²) in [7, 11) is 0. The SMILES string of the molecule is CCNCc1ccc(OCC(C)C)c(OCC)c1. The Morgan fingerprint density at radius 1 is 1.11 bits per heavy atom. The molecule has 0 aliphatic carbocycles. The Labute approximate surface area is 110 Å². The third kappa shape index (κ3) is 4.96. The first-order valence-corrected chi connectivity index (χ1v) is 6.76. The van der Waals surface area contributed by atoms with Crippen LogP contribution in [0.3, 0.4) is 0 Å². The first-order valence-electron chi connectivity index (χ1n) is 6.76. The van der Waals surface area contributed by atoms with Crippen LogP contribution in [0, 0.1) is 5.92 Å². The van der Waals surface area contributed by atoms with Gasteiger partial charge in [0.25, 0.3) is 0 Å².